The predicted octanol–water partition coefficient (Wildman–Crippen LogP) is 0.519. The maximum absolute atomic E-state index is 11.4. The van der Waals surface area contributed by atoms with Crippen LogP contribution in [0.2, 0.25) is 0 Å². The van der Waals surface area contributed by atoms with E-state index in [0.717, 1.165) is 4.31 Å². The van der Waals surface area contributed by atoms with Gasteiger partial charge in [-0.25, -0.2) is 4.72 Å². The van der Waals surface area contributed by atoms with Gasteiger partial charge in [-0.2, -0.15) is 12.7 Å². The highest BCUT2D eigenvalue weighted by Crippen LogP contribution is 2.24. The normalized spacial score (nSPS) is 14.9. The van der Waals surface area contributed by atoms with Crippen molar-refractivity contribution in [3.63, 3.8) is 0 Å². The van der Waals surface area contributed by atoms with Gasteiger partial charge in [-0.05, 0) is 11.8 Å². The molecule has 0 rings (SSSR count). The van der Waals surface area contributed by atoms with Crippen molar-refractivity contribution in [2.45, 2.75) is 27.2 Å². The molecular formula is C10H22N2O4S. The number of carboxylic acids is 1. The lowest BCUT2D eigenvalue weighted by molar-refractivity contribution is -0.142. The molecule has 0 radical (unpaired) electrons. The van der Waals surface area contributed by atoms with Crippen molar-refractivity contribution < 1.29 is 18.3 Å². The number of aliphatic carboxylic acids is 1. The lowest BCUT2D eigenvalue weighted by atomic mass is 9.85. The maximum atomic E-state index is 11.4. The van der Waals surface area contributed by atoms with Crippen LogP contribution < -0.4 is 4.72 Å². The summed E-state index contributed by atoms with van der Waals surface area (Å²) in [7, 11) is -0.781. The first kappa shape index (κ1) is 16.3. The Morgan fingerprint density at radius 3 is 2.12 bits per heavy atom. The van der Waals surface area contributed by atoms with Crippen LogP contribution in [0.3, 0.4) is 0 Å². The molecule has 7 heteroatoms. The molecule has 2 N–H and O–H groups in total. The van der Waals surface area contributed by atoms with E-state index in [2.05, 4.69) is 4.72 Å². The molecule has 0 bridgehead atoms. The largest absolute Gasteiger partial charge is 0.481 e. The molecule has 0 fully saturated rings. The van der Waals surface area contributed by atoms with Crippen LogP contribution in [-0.2, 0) is 15.0 Å². The van der Waals surface area contributed by atoms with E-state index in [1.54, 1.807) is 0 Å². The van der Waals surface area contributed by atoms with Gasteiger partial charge in [-0.3, -0.25) is 4.79 Å². The smallest absolute Gasteiger partial charge is 0.307 e. The van der Waals surface area contributed by atoms with Crippen molar-refractivity contribution in [1.82, 2.24) is 9.03 Å². The number of hydrogen-bond acceptors (Lipinski definition) is 3. The molecule has 0 heterocycles. The zero-order valence-electron chi connectivity index (χ0n) is 11.0. The van der Waals surface area contributed by atoms with Gasteiger partial charge >= 0.3 is 5.97 Å². The van der Waals surface area contributed by atoms with Crippen LogP contribution in [0.25, 0.3) is 0 Å². The third kappa shape index (κ3) is 6.60. The highest BCUT2D eigenvalue weighted by molar-refractivity contribution is 7.87. The van der Waals surface area contributed by atoms with Gasteiger partial charge in [0.25, 0.3) is 10.2 Å². The van der Waals surface area contributed by atoms with Crippen molar-refractivity contribution in [3.8, 4) is 0 Å². The van der Waals surface area contributed by atoms with E-state index in [1.165, 1.54) is 14.1 Å². The van der Waals surface area contributed by atoms with Gasteiger partial charge in [-0.1, -0.05) is 20.8 Å². The van der Waals surface area contributed by atoms with Crippen molar-refractivity contribution in [2.75, 3.05) is 20.6 Å². The van der Waals surface area contributed by atoms with Gasteiger partial charge in [0.2, 0.25) is 0 Å². The molecule has 0 aliphatic carbocycles. The van der Waals surface area contributed by atoms with Gasteiger partial charge in [0.1, 0.15) is 0 Å². The maximum Gasteiger partial charge on any atom is 0.307 e. The summed E-state index contributed by atoms with van der Waals surface area (Å²) in [6.07, 6.45) is 0.415. The Morgan fingerprint density at radius 1 is 1.35 bits per heavy atom. The Morgan fingerprint density at radius 2 is 1.82 bits per heavy atom. The van der Waals surface area contributed by atoms with Crippen LogP contribution in [0.15, 0.2) is 0 Å². The second-order valence-corrected chi connectivity index (χ2v) is 7.40. The number of rotatable bonds is 6. The fourth-order valence-corrected chi connectivity index (χ4v) is 1.99. The monoisotopic (exact) mass is 266 g/mol. The second kappa shape index (κ2) is 5.79. The molecule has 1 unspecified atom stereocenters. The summed E-state index contributed by atoms with van der Waals surface area (Å²) in [4.78, 5) is 11.0. The first-order valence-electron chi connectivity index (χ1n) is 5.35. The summed E-state index contributed by atoms with van der Waals surface area (Å²) >= 11 is 0. The minimum absolute atomic E-state index is 0.0902. The first-order valence-corrected chi connectivity index (χ1v) is 6.79. The number of carboxylic acid groups (broad SMARTS) is 1. The zero-order valence-corrected chi connectivity index (χ0v) is 11.8. The molecule has 0 aromatic rings. The molecule has 0 saturated heterocycles. The second-order valence-electron chi connectivity index (χ2n) is 5.44. The Hall–Kier alpha value is -0.660. The molecule has 0 aliphatic rings. The molecule has 17 heavy (non-hydrogen) atoms. The summed E-state index contributed by atoms with van der Waals surface area (Å²) in [6.45, 7) is 5.67. The van der Waals surface area contributed by atoms with Crippen molar-refractivity contribution in [1.29, 1.82) is 0 Å². The average Bonchev–Trinajstić information content (AvgIpc) is 2.09. The summed E-state index contributed by atoms with van der Waals surface area (Å²) in [5.41, 5.74) is -0.160. The standard InChI is InChI=1S/C10H22N2O4S/c1-10(2,3)6-8(9(13)14)7-11-17(15,16)12(4)5/h8,11H,6-7H2,1-5H3,(H,13,14). The molecule has 0 amide bonds. The zero-order chi connectivity index (χ0) is 13.9. The molecule has 0 spiro atoms. The van der Waals surface area contributed by atoms with Gasteiger partial charge in [0.15, 0.2) is 0 Å². The summed E-state index contributed by atoms with van der Waals surface area (Å²) in [5, 5.41) is 9.02. The molecule has 0 aromatic carbocycles. The van der Waals surface area contributed by atoms with Crippen LogP contribution in [0, 0.1) is 11.3 Å². The Kier molecular flexibility index (Phi) is 5.57. The quantitative estimate of drug-likeness (QED) is 0.733. The molecule has 0 aromatic heterocycles. The van der Waals surface area contributed by atoms with Crippen molar-refractivity contribution in [2.24, 2.45) is 11.3 Å². The topological polar surface area (TPSA) is 86.7 Å². The third-order valence-electron chi connectivity index (χ3n) is 2.20. The van der Waals surface area contributed by atoms with Crippen LogP contribution in [0.5, 0.6) is 0 Å². The highest BCUT2D eigenvalue weighted by atomic mass is 32.2. The number of nitrogens with one attached hydrogen (secondary N) is 1. The van der Waals surface area contributed by atoms with E-state index < -0.39 is 22.1 Å². The van der Waals surface area contributed by atoms with E-state index in [4.69, 9.17) is 5.11 Å². The van der Waals surface area contributed by atoms with Gasteiger partial charge < -0.3 is 5.11 Å². The fourth-order valence-electron chi connectivity index (χ4n) is 1.32. The van der Waals surface area contributed by atoms with E-state index >= 15 is 0 Å². The average molecular weight is 266 g/mol. The molecular weight excluding hydrogens is 244 g/mol. The molecule has 102 valence electrons. The number of nitrogens with zero attached hydrogens (tertiary/aromatic N) is 1. The van der Waals surface area contributed by atoms with E-state index in [1.807, 2.05) is 20.8 Å². The van der Waals surface area contributed by atoms with Gasteiger partial charge in [-0.15, -0.1) is 0 Å². The summed E-state index contributed by atoms with van der Waals surface area (Å²) in [5.74, 6) is -1.70. The van der Waals surface area contributed by atoms with Gasteiger partial charge in [0, 0.05) is 20.6 Å². The molecule has 6 nitrogen and oxygen atoms in total. The van der Waals surface area contributed by atoms with Crippen molar-refractivity contribution in [3.05, 3.63) is 0 Å². The minimum Gasteiger partial charge on any atom is -0.481 e. The Labute approximate surface area is 103 Å². The lowest BCUT2D eigenvalue weighted by Gasteiger charge is -2.24. The SMILES string of the molecule is CN(C)S(=O)(=O)NCC(CC(C)(C)C)C(=O)O. The van der Waals surface area contributed by atoms with Gasteiger partial charge in [0.05, 0.1) is 5.92 Å². The predicted molar refractivity (Wildman–Crippen MR) is 65.8 cm³/mol. The minimum atomic E-state index is -3.56. The van der Waals surface area contributed by atoms with Crippen LogP contribution >= 0.6 is 0 Å². The van der Waals surface area contributed by atoms with E-state index in [0.29, 0.717) is 6.42 Å². The molecule has 0 saturated carbocycles. The van der Waals surface area contributed by atoms with E-state index in [-0.39, 0.29) is 12.0 Å². The summed E-state index contributed by atoms with van der Waals surface area (Å²) < 4.78 is 26.2. The lowest BCUT2D eigenvalue weighted by Crippen LogP contribution is -2.40. The first-order chi connectivity index (χ1) is 7.46. The molecule has 1 atom stereocenters. The van der Waals surface area contributed by atoms with Crippen LogP contribution in [-0.4, -0.2) is 44.4 Å². The molecule has 0 aliphatic heterocycles. The Balaban J connectivity index is 4.55. The Bertz CT molecular complexity index is 357. The van der Waals surface area contributed by atoms with Crippen LogP contribution in [0.1, 0.15) is 27.2 Å². The number of hydrogen-bond donors (Lipinski definition) is 2. The fraction of sp³-hybridized carbons (Fsp3) is 0.900. The van der Waals surface area contributed by atoms with Crippen LogP contribution in [0.4, 0.5) is 0 Å². The summed E-state index contributed by atoms with van der Waals surface area (Å²) in [6, 6.07) is 0. The third-order valence-corrected chi connectivity index (χ3v) is 3.69. The van der Waals surface area contributed by atoms with E-state index in [9.17, 15) is 13.2 Å². The van der Waals surface area contributed by atoms with Crippen molar-refractivity contribution >= 4 is 16.2 Å². The highest BCUT2D eigenvalue weighted by Gasteiger charge is 2.26. The number of carbonyl (C=O) groups is 1.